The standard InChI is InChI=1S/C26H33BrN4O2/c1-3-4-17-30(2)25(32)19-31-23-14-8-7-13-22(23)29-24(31)15-6-5-9-16-28-26(33)20-11-10-12-21(27)18-20/h7-8,10-14,18H,3-6,9,15-17,19H2,1-2H3,(H,28,33). The zero-order valence-electron chi connectivity index (χ0n) is 19.5. The van der Waals surface area contributed by atoms with Crippen LogP contribution in [-0.2, 0) is 17.8 Å². The minimum atomic E-state index is -0.0520. The lowest BCUT2D eigenvalue weighted by atomic mass is 10.1. The number of hydrogen-bond acceptors (Lipinski definition) is 3. The van der Waals surface area contributed by atoms with E-state index < -0.39 is 0 Å². The Morgan fingerprint density at radius 2 is 1.88 bits per heavy atom. The van der Waals surface area contributed by atoms with Crippen LogP contribution >= 0.6 is 15.9 Å². The maximum atomic E-state index is 12.8. The average Bonchev–Trinajstić information content (AvgIpc) is 3.16. The van der Waals surface area contributed by atoms with Gasteiger partial charge < -0.3 is 14.8 Å². The third-order valence-electron chi connectivity index (χ3n) is 5.75. The van der Waals surface area contributed by atoms with Gasteiger partial charge in [0.2, 0.25) is 5.91 Å². The van der Waals surface area contributed by atoms with Crippen LogP contribution in [-0.4, -0.2) is 46.4 Å². The molecule has 0 aliphatic heterocycles. The van der Waals surface area contributed by atoms with Gasteiger partial charge in [0.05, 0.1) is 11.0 Å². The van der Waals surface area contributed by atoms with Gasteiger partial charge in [-0.05, 0) is 49.6 Å². The van der Waals surface area contributed by atoms with E-state index in [-0.39, 0.29) is 11.8 Å². The van der Waals surface area contributed by atoms with E-state index in [9.17, 15) is 9.59 Å². The molecule has 0 aliphatic carbocycles. The molecule has 33 heavy (non-hydrogen) atoms. The Labute approximate surface area is 204 Å². The van der Waals surface area contributed by atoms with Crippen molar-refractivity contribution < 1.29 is 9.59 Å². The predicted octanol–water partition coefficient (Wildman–Crippen LogP) is 5.20. The number of para-hydroxylation sites is 2. The first-order chi connectivity index (χ1) is 16.0. The number of hydrogen-bond donors (Lipinski definition) is 1. The topological polar surface area (TPSA) is 67.2 Å². The molecular formula is C26H33BrN4O2. The van der Waals surface area contributed by atoms with Gasteiger partial charge in [-0.15, -0.1) is 0 Å². The lowest BCUT2D eigenvalue weighted by Gasteiger charge is -2.18. The fourth-order valence-electron chi connectivity index (χ4n) is 3.79. The van der Waals surface area contributed by atoms with E-state index in [4.69, 9.17) is 4.98 Å². The Morgan fingerprint density at radius 1 is 1.06 bits per heavy atom. The van der Waals surface area contributed by atoms with Crippen LogP contribution in [0.25, 0.3) is 11.0 Å². The number of unbranched alkanes of at least 4 members (excludes halogenated alkanes) is 3. The van der Waals surface area contributed by atoms with Crippen molar-refractivity contribution in [3.05, 3.63) is 64.4 Å². The summed E-state index contributed by atoms with van der Waals surface area (Å²) < 4.78 is 2.96. The molecule has 1 aromatic heterocycles. The molecule has 0 aliphatic rings. The molecule has 0 spiro atoms. The summed E-state index contributed by atoms with van der Waals surface area (Å²) >= 11 is 3.40. The Hall–Kier alpha value is -2.67. The number of benzene rings is 2. The van der Waals surface area contributed by atoms with Gasteiger partial charge in [0.25, 0.3) is 5.91 Å². The third kappa shape index (κ3) is 7.16. The Balaban J connectivity index is 1.52. The number of amides is 2. The highest BCUT2D eigenvalue weighted by atomic mass is 79.9. The minimum absolute atomic E-state index is 0.0520. The number of aromatic nitrogens is 2. The lowest BCUT2D eigenvalue weighted by molar-refractivity contribution is -0.130. The maximum absolute atomic E-state index is 12.8. The quantitative estimate of drug-likeness (QED) is 0.339. The molecule has 0 bridgehead atoms. The van der Waals surface area contributed by atoms with E-state index in [0.717, 1.165) is 66.4 Å². The van der Waals surface area contributed by atoms with Crippen molar-refractivity contribution in [3.8, 4) is 0 Å². The number of likely N-dealkylation sites (N-methyl/N-ethyl adjacent to an activating group) is 1. The van der Waals surface area contributed by atoms with Crippen LogP contribution in [0.1, 0.15) is 55.2 Å². The Bertz CT molecular complexity index is 1080. The summed E-state index contributed by atoms with van der Waals surface area (Å²) in [5.74, 6) is 1.01. The van der Waals surface area contributed by atoms with Gasteiger partial charge in [-0.3, -0.25) is 9.59 Å². The van der Waals surface area contributed by atoms with Gasteiger partial charge in [0.1, 0.15) is 12.4 Å². The van der Waals surface area contributed by atoms with Crippen LogP contribution < -0.4 is 5.32 Å². The fraction of sp³-hybridized carbons (Fsp3) is 0.423. The first kappa shape index (κ1) is 25.0. The molecular weight excluding hydrogens is 480 g/mol. The number of rotatable bonds is 12. The minimum Gasteiger partial charge on any atom is -0.352 e. The van der Waals surface area contributed by atoms with E-state index in [2.05, 4.69) is 32.7 Å². The molecule has 1 N–H and O–H groups in total. The van der Waals surface area contributed by atoms with Crippen LogP contribution in [0.15, 0.2) is 53.0 Å². The van der Waals surface area contributed by atoms with Crippen LogP contribution in [0.5, 0.6) is 0 Å². The monoisotopic (exact) mass is 512 g/mol. The molecule has 0 saturated carbocycles. The highest BCUT2D eigenvalue weighted by Crippen LogP contribution is 2.18. The van der Waals surface area contributed by atoms with Crippen LogP contribution in [0, 0.1) is 0 Å². The number of halogens is 1. The summed E-state index contributed by atoms with van der Waals surface area (Å²) in [5.41, 5.74) is 2.59. The van der Waals surface area contributed by atoms with Crippen LogP contribution in [0.3, 0.4) is 0 Å². The summed E-state index contributed by atoms with van der Waals surface area (Å²) in [7, 11) is 1.87. The van der Waals surface area contributed by atoms with Gasteiger partial charge in [-0.1, -0.05) is 53.9 Å². The smallest absolute Gasteiger partial charge is 0.251 e. The zero-order valence-corrected chi connectivity index (χ0v) is 21.1. The average molecular weight is 513 g/mol. The van der Waals surface area contributed by atoms with E-state index in [1.165, 1.54) is 0 Å². The molecule has 0 atom stereocenters. The van der Waals surface area contributed by atoms with Gasteiger partial charge >= 0.3 is 0 Å². The molecule has 0 fully saturated rings. The number of carbonyl (C=O) groups is 2. The van der Waals surface area contributed by atoms with Crippen molar-refractivity contribution in [2.24, 2.45) is 0 Å². The second-order valence-corrected chi connectivity index (χ2v) is 9.26. The molecule has 176 valence electrons. The lowest BCUT2D eigenvalue weighted by Crippen LogP contribution is -2.31. The highest BCUT2D eigenvalue weighted by molar-refractivity contribution is 9.10. The van der Waals surface area contributed by atoms with Gasteiger partial charge in [-0.25, -0.2) is 4.98 Å². The molecule has 3 aromatic rings. The summed E-state index contributed by atoms with van der Waals surface area (Å²) in [6, 6.07) is 15.4. The summed E-state index contributed by atoms with van der Waals surface area (Å²) in [6.07, 6.45) is 5.72. The van der Waals surface area contributed by atoms with Crippen molar-refractivity contribution in [1.82, 2.24) is 19.8 Å². The zero-order chi connectivity index (χ0) is 23.6. The number of carbonyl (C=O) groups excluding carboxylic acids is 2. The van der Waals surface area contributed by atoms with Crippen molar-refractivity contribution >= 4 is 38.8 Å². The van der Waals surface area contributed by atoms with Crippen LogP contribution in [0.4, 0.5) is 0 Å². The first-order valence-electron chi connectivity index (χ1n) is 11.7. The highest BCUT2D eigenvalue weighted by Gasteiger charge is 2.16. The largest absolute Gasteiger partial charge is 0.352 e. The summed E-state index contributed by atoms with van der Waals surface area (Å²) in [5, 5.41) is 2.98. The second-order valence-electron chi connectivity index (χ2n) is 8.35. The second kappa shape index (κ2) is 12.5. The van der Waals surface area contributed by atoms with Crippen molar-refractivity contribution in [2.75, 3.05) is 20.1 Å². The molecule has 1 heterocycles. The normalized spacial score (nSPS) is 11.0. The Kier molecular flexibility index (Phi) is 9.48. The number of imidazole rings is 1. The molecule has 3 rings (SSSR count). The number of fused-ring (bicyclic) bond motifs is 1. The number of aryl methyl sites for hydroxylation is 1. The van der Waals surface area contributed by atoms with Crippen molar-refractivity contribution in [2.45, 2.75) is 52.0 Å². The Morgan fingerprint density at radius 3 is 2.67 bits per heavy atom. The van der Waals surface area contributed by atoms with E-state index in [1.807, 2.05) is 60.5 Å². The molecule has 2 amide bonds. The fourth-order valence-corrected chi connectivity index (χ4v) is 4.19. The van der Waals surface area contributed by atoms with Crippen LogP contribution in [0.2, 0.25) is 0 Å². The number of nitrogens with zero attached hydrogens (tertiary/aromatic N) is 3. The molecule has 0 saturated heterocycles. The summed E-state index contributed by atoms with van der Waals surface area (Å²) in [4.78, 5) is 31.6. The number of nitrogens with one attached hydrogen (secondary N) is 1. The van der Waals surface area contributed by atoms with Gasteiger partial charge in [0.15, 0.2) is 0 Å². The SMILES string of the molecule is CCCCN(C)C(=O)Cn1c(CCCCCNC(=O)c2cccc(Br)c2)nc2ccccc21. The van der Waals surface area contributed by atoms with E-state index in [1.54, 1.807) is 0 Å². The molecule has 0 radical (unpaired) electrons. The molecule has 2 aromatic carbocycles. The predicted molar refractivity (Wildman–Crippen MR) is 136 cm³/mol. The molecule has 6 nitrogen and oxygen atoms in total. The summed E-state index contributed by atoms with van der Waals surface area (Å²) in [6.45, 7) is 3.87. The molecule has 0 unspecified atom stereocenters. The van der Waals surface area contributed by atoms with E-state index >= 15 is 0 Å². The van der Waals surface area contributed by atoms with Crippen molar-refractivity contribution in [3.63, 3.8) is 0 Å². The van der Waals surface area contributed by atoms with Crippen molar-refractivity contribution in [1.29, 1.82) is 0 Å². The van der Waals surface area contributed by atoms with E-state index in [0.29, 0.717) is 18.7 Å². The first-order valence-corrected chi connectivity index (χ1v) is 12.5. The van der Waals surface area contributed by atoms with Gasteiger partial charge in [0, 0.05) is 36.6 Å². The third-order valence-corrected chi connectivity index (χ3v) is 6.24. The molecule has 7 heteroatoms. The van der Waals surface area contributed by atoms with Gasteiger partial charge in [-0.2, -0.15) is 0 Å². The maximum Gasteiger partial charge on any atom is 0.251 e.